The zero-order valence-electron chi connectivity index (χ0n) is 18.9. The van der Waals surface area contributed by atoms with Gasteiger partial charge >= 0.3 is 5.97 Å². The maximum Gasteiger partial charge on any atom is 0.341 e. The van der Waals surface area contributed by atoms with Gasteiger partial charge in [0.05, 0.1) is 23.7 Å². The fourth-order valence-electron chi connectivity index (χ4n) is 5.21. The number of anilines is 2. The molecule has 1 aliphatic carbocycles. The van der Waals surface area contributed by atoms with Crippen molar-refractivity contribution in [3.05, 3.63) is 27.8 Å². The molecule has 8 nitrogen and oxygen atoms in total. The molecule has 2 fully saturated rings. The smallest absolute Gasteiger partial charge is 0.341 e. The van der Waals surface area contributed by atoms with E-state index in [1.807, 2.05) is 4.90 Å². The monoisotopic (exact) mass is 446 g/mol. The van der Waals surface area contributed by atoms with Gasteiger partial charge in [-0.3, -0.25) is 4.79 Å². The second-order valence-electron chi connectivity index (χ2n) is 9.09. The van der Waals surface area contributed by atoms with Gasteiger partial charge in [-0.15, -0.1) is 0 Å². The predicted octanol–water partition coefficient (Wildman–Crippen LogP) is 2.83. The normalized spacial score (nSPS) is 23.5. The number of aromatic nitrogens is 1. The number of hydrogen-bond donors (Lipinski definition) is 3. The number of rotatable bonds is 6. The van der Waals surface area contributed by atoms with E-state index in [1.54, 1.807) is 4.57 Å². The van der Waals surface area contributed by atoms with E-state index in [0.29, 0.717) is 24.6 Å². The van der Waals surface area contributed by atoms with Crippen molar-refractivity contribution in [3.8, 4) is 5.75 Å². The topological polar surface area (TPSA) is 110 Å². The molecule has 32 heavy (non-hydrogen) atoms. The summed E-state index contributed by atoms with van der Waals surface area (Å²) in [6.45, 7) is 8.39. The molecule has 0 spiro atoms. The summed E-state index contributed by atoms with van der Waals surface area (Å²) in [6, 6.07) is 0.339. The standard InChI is InChI=1S/C23H31FN4O4/c1-5-26-18-11(2)8-27(9-12(18)3)20-16(24)17(25)15-19(22(20)32-4)28(13-6-7-13)10-14(21(15)29)23(30)31/h10-13,18,26H,5-9,25H2,1-4H3,(H,30,31). The number of nitrogens with one attached hydrogen (secondary N) is 1. The minimum atomic E-state index is -1.36. The molecule has 4 rings (SSSR count). The minimum Gasteiger partial charge on any atom is -0.492 e. The number of carboxylic acid groups (broad SMARTS) is 1. The number of nitrogens with zero attached hydrogens (tertiary/aromatic N) is 2. The van der Waals surface area contributed by atoms with Crippen LogP contribution in [-0.2, 0) is 0 Å². The summed E-state index contributed by atoms with van der Waals surface area (Å²) in [5.74, 6) is -1.37. The molecule has 2 unspecified atom stereocenters. The van der Waals surface area contributed by atoms with Crippen molar-refractivity contribution in [2.24, 2.45) is 11.8 Å². The van der Waals surface area contributed by atoms with Gasteiger partial charge < -0.3 is 30.4 Å². The van der Waals surface area contributed by atoms with Gasteiger partial charge in [0.25, 0.3) is 0 Å². The molecule has 2 aromatic rings. The summed E-state index contributed by atoms with van der Waals surface area (Å²) in [7, 11) is 1.44. The minimum absolute atomic E-state index is 0.0279. The molecule has 1 saturated carbocycles. The Morgan fingerprint density at radius 2 is 1.94 bits per heavy atom. The van der Waals surface area contributed by atoms with Crippen molar-refractivity contribution in [1.29, 1.82) is 0 Å². The molecule has 2 heterocycles. The van der Waals surface area contributed by atoms with Crippen molar-refractivity contribution in [3.63, 3.8) is 0 Å². The van der Waals surface area contributed by atoms with E-state index < -0.39 is 22.8 Å². The van der Waals surface area contributed by atoms with Gasteiger partial charge in [-0.05, 0) is 31.2 Å². The molecule has 1 aliphatic heterocycles. The Morgan fingerprint density at radius 3 is 2.44 bits per heavy atom. The maximum absolute atomic E-state index is 15.8. The van der Waals surface area contributed by atoms with Gasteiger partial charge in [-0.1, -0.05) is 20.8 Å². The van der Waals surface area contributed by atoms with E-state index in [9.17, 15) is 14.7 Å². The first kappa shape index (κ1) is 22.4. The predicted molar refractivity (Wildman–Crippen MR) is 122 cm³/mol. The van der Waals surface area contributed by atoms with Gasteiger partial charge in [-0.25, -0.2) is 9.18 Å². The average molecular weight is 447 g/mol. The van der Waals surface area contributed by atoms with E-state index in [0.717, 1.165) is 19.4 Å². The third-order valence-corrected chi connectivity index (χ3v) is 6.75. The summed E-state index contributed by atoms with van der Waals surface area (Å²) in [6.07, 6.45) is 3.03. The first-order chi connectivity index (χ1) is 15.2. The molecule has 0 bridgehead atoms. The Kier molecular flexibility index (Phi) is 5.79. The Morgan fingerprint density at radius 1 is 1.31 bits per heavy atom. The number of fused-ring (bicyclic) bond motifs is 1. The van der Waals surface area contributed by atoms with Crippen molar-refractivity contribution in [2.75, 3.05) is 37.4 Å². The van der Waals surface area contributed by atoms with Crippen LogP contribution in [0.1, 0.15) is 50.0 Å². The lowest BCUT2D eigenvalue weighted by Crippen LogP contribution is -2.53. The van der Waals surface area contributed by atoms with Crippen LogP contribution < -0.4 is 26.1 Å². The Balaban J connectivity index is 1.97. The van der Waals surface area contributed by atoms with Crippen LogP contribution in [-0.4, -0.2) is 48.4 Å². The number of nitrogen functional groups attached to an aromatic ring is 1. The number of pyridine rings is 1. The highest BCUT2D eigenvalue weighted by Crippen LogP contribution is 2.47. The fourth-order valence-corrected chi connectivity index (χ4v) is 5.21. The van der Waals surface area contributed by atoms with Crippen molar-refractivity contribution in [1.82, 2.24) is 9.88 Å². The van der Waals surface area contributed by atoms with Gasteiger partial charge in [0.2, 0.25) is 5.43 Å². The third kappa shape index (κ3) is 3.48. The quantitative estimate of drug-likeness (QED) is 0.585. The summed E-state index contributed by atoms with van der Waals surface area (Å²) in [5.41, 5.74) is 5.25. The van der Waals surface area contributed by atoms with Crippen LogP contribution in [0.2, 0.25) is 0 Å². The number of benzene rings is 1. The number of carbonyl (C=O) groups is 1. The molecular formula is C23H31FN4O4. The Hall–Kier alpha value is -2.81. The molecule has 1 aromatic heterocycles. The molecule has 0 radical (unpaired) electrons. The number of methoxy groups -OCH3 is 1. The van der Waals surface area contributed by atoms with Gasteiger partial charge in [0.1, 0.15) is 11.3 Å². The molecule has 2 aliphatic rings. The second kappa shape index (κ2) is 8.27. The zero-order chi connectivity index (χ0) is 23.3. The van der Waals surface area contributed by atoms with Crippen LogP contribution in [0.25, 0.3) is 10.9 Å². The number of hydrogen-bond acceptors (Lipinski definition) is 6. The first-order valence-electron chi connectivity index (χ1n) is 11.2. The number of nitrogens with two attached hydrogens (primary N) is 1. The SMILES string of the molecule is CCNC1C(C)CN(c2c(F)c(N)c3c(=O)c(C(=O)O)cn(C4CC4)c3c2OC)CC1C. The zero-order valence-corrected chi connectivity index (χ0v) is 18.9. The van der Waals surface area contributed by atoms with Gasteiger partial charge in [0.15, 0.2) is 11.6 Å². The van der Waals surface area contributed by atoms with E-state index in [4.69, 9.17) is 10.5 Å². The third-order valence-electron chi connectivity index (χ3n) is 6.75. The molecule has 0 amide bonds. The summed E-state index contributed by atoms with van der Waals surface area (Å²) in [5, 5.41) is 12.9. The lowest BCUT2D eigenvalue weighted by Gasteiger charge is -2.43. The van der Waals surface area contributed by atoms with Crippen molar-refractivity contribution in [2.45, 2.75) is 45.7 Å². The first-order valence-corrected chi connectivity index (χ1v) is 11.2. The van der Waals surface area contributed by atoms with E-state index in [2.05, 4.69) is 26.1 Å². The molecule has 4 N–H and O–H groups in total. The number of piperidine rings is 1. The molecule has 9 heteroatoms. The van der Waals surface area contributed by atoms with Crippen LogP contribution in [0.15, 0.2) is 11.0 Å². The Labute approximate surface area is 186 Å². The number of carboxylic acids is 1. The van der Waals surface area contributed by atoms with Crippen LogP contribution in [0.3, 0.4) is 0 Å². The average Bonchev–Trinajstić information content (AvgIpc) is 3.57. The van der Waals surface area contributed by atoms with Crippen LogP contribution in [0, 0.1) is 17.7 Å². The molecule has 1 aromatic carbocycles. The van der Waals surface area contributed by atoms with Crippen LogP contribution in [0.5, 0.6) is 5.75 Å². The lowest BCUT2D eigenvalue weighted by molar-refractivity contribution is 0.0695. The molecular weight excluding hydrogens is 415 g/mol. The second-order valence-corrected chi connectivity index (χ2v) is 9.09. The van der Waals surface area contributed by atoms with Crippen molar-refractivity contribution >= 4 is 28.2 Å². The van der Waals surface area contributed by atoms with Crippen LogP contribution >= 0.6 is 0 Å². The Bertz CT molecular complexity index is 1120. The number of halogens is 1. The number of ether oxygens (including phenoxy) is 1. The highest BCUT2D eigenvalue weighted by molar-refractivity contribution is 6.03. The lowest BCUT2D eigenvalue weighted by atomic mass is 9.85. The van der Waals surface area contributed by atoms with Crippen molar-refractivity contribution < 1.29 is 19.0 Å². The fraction of sp³-hybridized carbons (Fsp3) is 0.565. The van der Waals surface area contributed by atoms with E-state index in [-0.39, 0.29) is 40.4 Å². The summed E-state index contributed by atoms with van der Waals surface area (Å²) in [4.78, 5) is 26.6. The maximum atomic E-state index is 15.8. The largest absolute Gasteiger partial charge is 0.492 e. The summed E-state index contributed by atoms with van der Waals surface area (Å²) < 4.78 is 23.2. The van der Waals surface area contributed by atoms with E-state index in [1.165, 1.54) is 13.3 Å². The molecule has 2 atom stereocenters. The van der Waals surface area contributed by atoms with Gasteiger partial charge in [-0.2, -0.15) is 0 Å². The van der Waals surface area contributed by atoms with E-state index >= 15 is 4.39 Å². The number of aromatic carboxylic acids is 1. The highest BCUT2D eigenvalue weighted by atomic mass is 19.1. The highest BCUT2D eigenvalue weighted by Gasteiger charge is 2.37. The molecule has 174 valence electrons. The van der Waals surface area contributed by atoms with Crippen LogP contribution in [0.4, 0.5) is 15.8 Å². The molecule has 1 saturated heterocycles. The summed E-state index contributed by atoms with van der Waals surface area (Å²) >= 11 is 0. The van der Waals surface area contributed by atoms with Gasteiger partial charge in [0, 0.05) is 31.4 Å².